The molecular weight excluding hydrogens is 316 g/mol. The quantitative estimate of drug-likeness (QED) is 0.532. The minimum atomic E-state index is -1.04. The highest BCUT2D eigenvalue weighted by Gasteiger charge is 2.12. The first-order valence-corrected chi connectivity index (χ1v) is 8.60. The molecule has 2 heterocycles. The molecule has 6 heteroatoms. The number of carbonyl (C=O) groups is 1. The lowest BCUT2D eigenvalue weighted by Gasteiger charge is -2.04. The van der Waals surface area contributed by atoms with Gasteiger partial charge in [-0.25, -0.2) is 9.97 Å². The Morgan fingerprint density at radius 2 is 2.05 bits per heavy atom. The number of nitrogens with zero attached hydrogens (tertiary/aromatic N) is 2. The third-order valence-corrected chi connectivity index (χ3v) is 5.14. The first-order chi connectivity index (χ1) is 10.6. The number of benzene rings is 1. The van der Waals surface area contributed by atoms with Gasteiger partial charge >= 0.3 is 0 Å². The summed E-state index contributed by atoms with van der Waals surface area (Å²) in [6.07, 6.45) is 0.0187. The number of thiophene rings is 1. The molecule has 4 nitrogen and oxygen atoms in total. The maximum atomic E-state index is 10.6. The molecular formula is C16H13N2O2S2-. The topological polar surface area (TPSA) is 65.9 Å². The Labute approximate surface area is 136 Å². The predicted octanol–water partition coefficient (Wildman–Crippen LogP) is 2.90. The van der Waals surface area contributed by atoms with Crippen LogP contribution in [0, 0.1) is 6.92 Å². The number of thioether (sulfide) groups is 1. The third-order valence-electron chi connectivity index (χ3n) is 3.07. The molecule has 3 rings (SSSR count). The molecule has 0 atom stereocenters. The van der Waals surface area contributed by atoms with E-state index >= 15 is 0 Å². The minimum absolute atomic E-state index is 0.0187. The molecule has 0 radical (unpaired) electrons. The SMILES string of the molecule is Cc1nc(SCCC(=O)[O-])c2cc(-c3ccccc3)sc2n1. The van der Waals surface area contributed by atoms with Crippen LogP contribution in [0.3, 0.4) is 0 Å². The third kappa shape index (κ3) is 3.28. The van der Waals surface area contributed by atoms with E-state index in [0.717, 1.165) is 25.7 Å². The van der Waals surface area contributed by atoms with Crippen LogP contribution in [-0.4, -0.2) is 21.7 Å². The van der Waals surface area contributed by atoms with Crippen LogP contribution in [0.25, 0.3) is 20.7 Å². The fourth-order valence-corrected chi connectivity index (χ4v) is 4.20. The lowest BCUT2D eigenvalue weighted by Crippen LogP contribution is -2.22. The highest BCUT2D eigenvalue weighted by Crippen LogP contribution is 2.36. The Kier molecular flexibility index (Phi) is 4.40. The average Bonchev–Trinajstić information content (AvgIpc) is 2.91. The molecule has 1 aromatic carbocycles. The van der Waals surface area contributed by atoms with Crippen LogP contribution in [0.1, 0.15) is 12.2 Å². The van der Waals surface area contributed by atoms with Crippen molar-refractivity contribution < 1.29 is 9.90 Å². The Balaban J connectivity index is 1.98. The molecule has 0 bridgehead atoms. The van der Waals surface area contributed by atoms with E-state index in [1.165, 1.54) is 11.8 Å². The van der Waals surface area contributed by atoms with Crippen molar-refractivity contribution in [2.45, 2.75) is 18.4 Å². The number of hydrogen-bond acceptors (Lipinski definition) is 6. The molecule has 3 aromatic rings. The molecule has 0 amide bonds. The van der Waals surface area contributed by atoms with Gasteiger partial charge in [-0.05, 0) is 25.0 Å². The normalized spacial score (nSPS) is 11.0. The average molecular weight is 329 g/mol. The monoisotopic (exact) mass is 329 g/mol. The molecule has 0 N–H and O–H groups in total. The summed E-state index contributed by atoms with van der Waals surface area (Å²) < 4.78 is 0. The molecule has 0 fully saturated rings. The first-order valence-electron chi connectivity index (χ1n) is 6.80. The van der Waals surface area contributed by atoms with Crippen molar-refractivity contribution in [3.05, 3.63) is 42.2 Å². The molecule has 0 saturated carbocycles. The molecule has 0 saturated heterocycles. The summed E-state index contributed by atoms with van der Waals surface area (Å²) in [6.45, 7) is 1.85. The lowest BCUT2D eigenvalue weighted by atomic mass is 10.2. The summed E-state index contributed by atoms with van der Waals surface area (Å²) in [4.78, 5) is 21.6. The molecule has 0 spiro atoms. The summed E-state index contributed by atoms with van der Waals surface area (Å²) >= 11 is 3.06. The minimum Gasteiger partial charge on any atom is -0.550 e. The van der Waals surface area contributed by atoms with Gasteiger partial charge in [0.1, 0.15) is 15.7 Å². The largest absolute Gasteiger partial charge is 0.550 e. The van der Waals surface area contributed by atoms with Crippen molar-refractivity contribution in [2.24, 2.45) is 0 Å². The van der Waals surface area contributed by atoms with Crippen LogP contribution in [-0.2, 0) is 4.79 Å². The van der Waals surface area contributed by atoms with Gasteiger partial charge in [-0.1, -0.05) is 30.3 Å². The summed E-state index contributed by atoms with van der Waals surface area (Å²) in [5.41, 5.74) is 1.15. The molecule has 2 aromatic heterocycles. The number of aromatic nitrogens is 2. The highest BCUT2D eigenvalue weighted by atomic mass is 32.2. The molecule has 0 aliphatic carbocycles. The first kappa shape index (κ1) is 15.0. The number of carboxylic acid groups (broad SMARTS) is 1. The van der Waals surface area contributed by atoms with E-state index in [1.807, 2.05) is 25.1 Å². The second-order valence-electron chi connectivity index (χ2n) is 4.74. The summed E-state index contributed by atoms with van der Waals surface area (Å²) in [5, 5.41) is 12.4. The van der Waals surface area contributed by atoms with Gasteiger partial charge in [0, 0.05) is 22.0 Å². The van der Waals surface area contributed by atoms with E-state index in [4.69, 9.17) is 0 Å². The van der Waals surface area contributed by atoms with E-state index in [9.17, 15) is 9.90 Å². The van der Waals surface area contributed by atoms with Crippen LogP contribution in [0.4, 0.5) is 0 Å². The van der Waals surface area contributed by atoms with Gasteiger partial charge in [0.2, 0.25) is 0 Å². The number of carbonyl (C=O) groups excluding carboxylic acids is 1. The number of hydrogen-bond donors (Lipinski definition) is 0. The number of aryl methyl sites for hydroxylation is 1. The molecule has 112 valence electrons. The van der Waals surface area contributed by atoms with Crippen molar-refractivity contribution >= 4 is 39.3 Å². The zero-order valence-corrected chi connectivity index (χ0v) is 13.5. The molecule has 0 aliphatic rings. The van der Waals surface area contributed by atoms with Gasteiger partial charge in [0.05, 0.1) is 0 Å². The highest BCUT2D eigenvalue weighted by molar-refractivity contribution is 7.99. The van der Waals surface area contributed by atoms with E-state index in [2.05, 4.69) is 28.2 Å². The predicted molar refractivity (Wildman–Crippen MR) is 87.9 cm³/mol. The van der Waals surface area contributed by atoms with Crippen molar-refractivity contribution in [2.75, 3.05) is 5.75 Å². The summed E-state index contributed by atoms with van der Waals surface area (Å²) in [5.74, 6) is 0.111. The van der Waals surface area contributed by atoms with Gasteiger partial charge in [0.25, 0.3) is 0 Å². The maximum absolute atomic E-state index is 10.6. The van der Waals surface area contributed by atoms with E-state index in [-0.39, 0.29) is 6.42 Å². The molecule has 0 aliphatic heterocycles. The smallest absolute Gasteiger partial charge is 0.128 e. The van der Waals surface area contributed by atoms with E-state index < -0.39 is 5.97 Å². The number of carboxylic acids is 1. The number of fused-ring (bicyclic) bond motifs is 1. The molecule has 22 heavy (non-hydrogen) atoms. The Hall–Kier alpha value is -1.92. The lowest BCUT2D eigenvalue weighted by molar-refractivity contribution is -0.305. The Bertz CT molecular complexity index is 816. The zero-order valence-electron chi connectivity index (χ0n) is 11.9. The summed E-state index contributed by atoms with van der Waals surface area (Å²) in [6, 6.07) is 12.2. The fourth-order valence-electron chi connectivity index (χ4n) is 2.08. The van der Waals surface area contributed by atoms with E-state index in [1.54, 1.807) is 11.3 Å². The van der Waals surface area contributed by atoms with Crippen LogP contribution in [0.5, 0.6) is 0 Å². The van der Waals surface area contributed by atoms with Gasteiger partial charge in [-0.3, -0.25) is 0 Å². The zero-order chi connectivity index (χ0) is 15.5. The maximum Gasteiger partial charge on any atom is 0.128 e. The van der Waals surface area contributed by atoms with Crippen molar-refractivity contribution in [3.63, 3.8) is 0 Å². The van der Waals surface area contributed by atoms with Gasteiger partial charge in [-0.2, -0.15) is 0 Å². The molecule has 0 unspecified atom stereocenters. The Morgan fingerprint density at radius 1 is 1.27 bits per heavy atom. The van der Waals surface area contributed by atoms with Crippen LogP contribution in [0.2, 0.25) is 0 Å². The second-order valence-corrected chi connectivity index (χ2v) is 6.86. The van der Waals surface area contributed by atoms with Crippen LogP contribution >= 0.6 is 23.1 Å². The second kappa shape index (κ2) is 6.46. The van der Waals surface area contributed by atoms with Crippen LogP contribution in [0.15, 0.2) is 41.4 Å². The number of rotatable bonds is 5. The van der Waals surface area contributed by atoms with Crippen molar-refractivity contribution in [1.29, 1.82) is 0 Å². The van der Waals surface area contributed by atoms with Crippen LogP contribution < -0.4 is 5.11 Å². The fraction of sp³-hybridized carbons (Fsp3) is 0.188. The number of aliphatic carboxylic acids is 1. The Morgan fingerprint density at radius 3 is 2.77 bits per heavy atom. The van der Waals surface area contributed by atoms with E-state index in [0.29, 0.717) is 11.6 Å². The summed E-state index contributed by atoms with van der Waals surface area (Å²) in [7, 11) is 0. The van der Waals surface area contributed by atoms with Crippen molar-refractivity contribution in [3.8, 4) is 10.4 Å². The standard InChI is InChI=1S/C16H14N2O2S2/c1-10-17-15(21-8-7-14(19)20)12-9-13(22-16(12)18-10)11-5-3-2-4-6-11/h2-6,9H,7-8H2,1H3,(H,19,20)/p-1. The van der Waals surface area contributed by atoms with Gasteiger partial charge < -0.3 is 9.90 Å². The van der Waals surface area contributed by atoms with Gasteiger partial charge in [-0.15, -0.1) is 23.1 Å². The van der Waals surface area contributed by atoms with Gasteiger partial charge in [0.15, 0.2) is 0 Å². The van der Waals surface area contributed by atoms with Crippen molar-refractivity contribution in [1.82, 2.24) is 9.97 Å².